The van der Waals surface area contributed by atoms with E-state index in [9.17, 15) is 4.79 Å². The molecule has 0 radical (unpaired) electrons. The van der Waals surface area contributed by atoms with Crippen LogP contribution in [0.4, 0.5) is 0 Å². The summed E-state index contributed by atoms with van der Waals surface area (Å²) in [6.45, 7) is 0.106. The molecule has 0 bridgehead atoms. The molecule has 3 aromatic rings. The summed E-state index contributed by atoms with van der Waals surface area (Å²) in [6, 6.07) is 14.4. The van der Waals surface area contributed by atoms with Crippen molar-refractivity contribution in [3.63, 3.8) is 0 Å². The Balaban J connectivity index is 1.80. The molecule has 0 N–H and O–H groups in total. The van der Waals surface area contributed by atoms with Gasteiger partial charge in [0, 0.05) is 10.0 Å². The van der Waals surface area contributed by atoms with Crippen LogP contribution in [0, 0.1) is 0 Å². The summed E-state index contributed by atoms with van der Waals surface area (Å²) in [5.41, 5.74) is 1.12. The van der Waals surface area contributed by atoms with Crippen molar-refractivity contribution < 1.29 is 23.5 Å². The number of carbonyl (C=O) groups excluding carboxylic acids is 1. The minimum atomic E-state index is -0.640. The molecule has 0 aliphatic rings. The predicted molar refractivity (Wildman–Crippen MR) is 116 cm³/mol. The molecular formula is C20H18BrN3O5S. The van der Waals surface area contributed by atoms with Gasteiger partial charge in [0.05, 0.1) is 7.11 Å². The Morgan fingerprint density at radius 2 is 1.90 bits per heavy atom. The largest absolute Gasteiger partial charge is 0.484 e. The van der Waals surface area contributed by atoms with Crippen molar-refractivity contribution in [3.8, 4) is 5.75 Å². The van der Waals surface area contributed by atoms with Gasteiger partial charge in [-0.15, -0.1) is 10.2 Å². The second kappa shape index (κ2) is 10.3. The fraction of sp³-hybridized carbons (Fsp3) is 0.200. The maximum absolute atomic E-state index is 12.1. The van der Waals surface area contributed by atoms with Gasteiger partial charge in [-0.2, -0.15) is 12.6 Å². The van der Waals surface area contributed by atoms with E-state index in [2.05, 4.69) is 43.9 Å². The Bertz CT molecular complexity index is 1040. The first kappa shape index (κ1) is 21.8. The Morgan fingerprint density at radius 1 is 1.17 bits per heavy atom. The predicted octanol–water partition coefficient (Wildman–Crippen LogP) is 3.95. The van der Waals surface area contributed by atoms with Gasteiger partial charge in [0.25, 0.3) is 5.89 Å². The van der Waals surface area contributed by atoms with Gasteiger partial charge in [-0.3, -0.25) is 0 Å². The maximum atomic E-state index is 12.1. The van der Waals surface area contributed by atoms with Gasteiger partial charge in [-0.1, -0.05) is 45.4 Å². The average molecular weight is 492 g/mol. The van der Waals surface area contributed by atoms with E-state index in [0.717, 1.165) is 4.47 Å². The molecule has 30 heavy (non-hydrogen) atoms. The van der Waals surface area contributed by atoms with Gasteiger partial charge in [0.15, 0.2) is 12.3 Å². The molecule has 0 amide bonds. The monoisotopic (exact) mass is 491 g/mol. The Hall–Kier alpha value is -2.85. The minimum absolute atomic E-state index is 0.00737. The normalized spacial score (nSPS) is 12.3. The first-order chi connectivity index (χ1) is 14.5. The molecule has 0 fully saturated rings. The van der Waals surface area contributed by atoms with Crippen LogP contribution in [-0.4, -0.2) is 36.1 Å². The SMILES string of the molecule is CON=C(C(=O)OC)c1ccccc1C(S)c1nnc(COc2ccc(Br)cc2)o1. The zero-order valence-corrected chi connectivity index (χ0v) is 18.6. The Kier molecular flexibility index (Phi) is 7.47. The van der Waals surface area contributed by atoms with E-state index in [1.165, 1.54) is 14.2 Å². The summed E-state index contributed by atoms with van der Waals surface area (Å²) in [6.07, 6.45) is 0. The molecule has 2 aromatic carbocycles. The number of esters is 1. The summed E-state index contributed by atoms with van der Waals surface area (Å²) in [7, 11) is 2.61. The highest BCUT2D eigenvalue weighted by atomic mass is 79.9. The van der Waals surface area contributed by atoms with Crippen LogP contribution in [-0.2, 0) is 21.0 Å². The van der Waals surface area contributed by atoms with E-state index in [4.69, 9.17) is 18.7 Å². The molecule has 0 spiro atoms. The minimum Gasteiger partial charge on any atom is -0.484 e. The third-order valence-electron chi connectivity index (χ3n) is 3.96. The number of hydrogen-bond donors (Lipinski definition) is 1. The van der Waals surface area contributed by atoms with Crippen molar-refractivity contribution in [2.45, 2.75) is 11.9 Å². The van der Waals surface area contributed by atoms with Crippen molar-refractivity contribution in [2.75, 3.05) is 14.2 Å². The summed E-state index contributed by atoms with van der Waals surface area (Å²) in [4.78, 5) is 16.9. The van der Waals surface area contributed by atoms with Crippen LogP contribution in [0.2, 0.25) is 0 Å². The fourth-order valence-corrected chi connectivity index (χ4v) is 3.17. The number of aromatic nitrogens is 2. The van der Waals surface area contributed by atoms with Crippen molar-refractivity contribution in [2.24, 2.45) is 5.16 Å². The molecule has 1 atom stereocenters. The molecule has 0 aliphatic heterocycles. The maximum Gasteiger partial charge on any atom is 0.360 e. The highest BCUT2D eigenvalue weighted by Crippen LogP contribution is 2.30. The van der Waals surface area contributed by atoms with Gasteiger partial charge in [0.2, 0.25) is 5.89 Å². The number of halogens is 1. The number of rotatable bonds is 8. The molecule has 1 unspecified atom stereocenters. The molecule has 1 heterocycles. The first-order valence-corrected chi connectivity index (χ1v) is 10.0. The molecule has 8 nitrogen and oxygen atoms in total. The summed E-state index contributed by atoms with van der Waals surface area (Å²) in [5.74, 6) is 0.577. The molecule has 0 saturated carbocycles. The van der Waals surface area contributed by atoms with Crippen molar-refractivity contribution in [3.05, 3.63) is 75.9 Å². The van der Waals surface area contributed by atoms with E-state index in [0.29, 0.717) is 22.8 Å². The van der Waals surface area contributed by atoms with Crippen molar-refractivity contribution in [1.82, 2.24) is 10.2 Å². The summed E-state index contributed by atoms with van der Waals surface area (Å²) >= 11 is 7.98. The van der Waals surface area contributed by atoms with E-state index in [1.807, 2.05) is 24.3 Å². The molecule has 3 rings (SSSR count). The number of thiol groups is 1. The third-order valence-corrected chi connectivity index (χ3v) is 4.99. The highest BCUT2D eigenvalue weighted by Gasteiger charge is 2.25. The van der Waals surface area contributed by atoms with E-state index in [-0.39, 0.29) is 18.2 Å². The quantitative estimate of drug-likeness (QED) is 0.220. The van der Waals surface area contributed by atoms with Crippen LogP contribution in [0.5, 0.6) is 5.75 Å². The van der Waals surface area contributed by atoms with Crippen LogP contribution in [0.25, 0.3) is 0 Å². The zero-order valence-electron chi connectivity index (χ0n) is 16.1. The molecule has 10 heteroatoms. The lowest BCUT2D eigenvalue weighted by Crippen LogP contribution is -2.20. The topological polar surface area (TPSA) is 96.0 Å². The number of oxime groups is 1. The Morgan fingerprint density at radius 3 is 2.60 bits per heavy atom. The zero-order chi connectivity index (χ0) is 21.5. The summed E-state index contributed by atoms with van der Waals surface area (Å²) < 4.78 is 17.1. The lowest BCUT2D eigenvalue weighted by atomic mass is 10.00. The number of carbonyl (C=O) groups is 1. The van der Waals surface area contributed by atoms with Crippen LogP contribution in [0.1, 0.15) is 28.2 Å². The van der Waals surface area contributed by atoms with Crippen LogP contribution in [0.15, 0.2) is 62.6 Å². The molecule has 156 valence electrons. The Labute approximate surface area is 186 Å². The van der Waals surface area contributed by atoms with Gasteiger partial charge >= 0.3 is 5.97 Å². The van der Waals surface area contributed by atoms with Crippen molar-refractivity contribution >= 4 is 40.2 Å². The van der Waals surface area contributed by atoms with Gasteiger partial charge in [-0.05, 0) is 29.8 Å². The lowest BCUT2D eigenvalue weighted by Gasteiger charge is -2.13. The van der Waals surface area contributed by atoms with E-state index < -0.39 is 11.2 Å². The summed E-state index contributed by atoms with van der Waals surface area (Å²) in [5, 5.41) is 11.3. The second-order valence-corrected chi connectivity index (χ2v) is 7.31. The lowest BCUT2D eigenvalue weighted by molar-refractivity contribution is -0.132. The van der Waals surface area contributed by atoms with Gasteiger partial charge in [0.1, 0.15) is 18.1 Å². The van der Waals surface area contributed by atoms with Crippen LogP contribution < -0.4 is 4.74 Å². The number of methoxy groups -OCH3 is 1. The fourth-order valence-electron chi connectivity index (χ4n) is 2.58. The van der Waals surface area contributed by atoms with Crippen LogP contribution in [0.3, 0.4) is 0 Å². The molecular weight excluding hydrogens is 474 g/mol. The second-order valence-electron chi connectivity index (χ2n) is 5.88. The number of benzene rings is 2. The molecule has 0 saturated heterocycles. The smallest absolute Gasteiger partial charge is 0.360 e. The number of ether oxygens (including phenoxy) is 2. The van der Waals surface area contributed by atoms with Gasteiger partial charge < -0.3 is 18.7 Å². The van der Waals surface area contributed by atoms with E-state index >= 15 is 0 Å². The first-order valence-electron chi connectivity index (χ1n) is 8.71. The standard InChI is InChI=1S/C20H18BrN3O5S/c1-26-20(25)17(24-27-2)14-5-3-4-6-15(14)18(30)19-23-22-16(29-19)11-28-13-9-7-12(21)8-10-13/h3-10,18,30H,11H2,1-2H3. The molecule has 0 aliphatic carbocycles. The van der Waals surface area contributed by atoms with Gasteiger partial charge in [-0.25, -0.2) is 4.79 Å². The molecule has 1 aromatic heterocycles. The van der Waals surface area contributed by atoms with E-state index in [1.54, 1.807) is 24.3 Å². The average Bonchev–Trinajstić information content (AvgIpc) is 3.25. The van der Waals surface area contributed by atoms with Crippen LogP contribution >= 0.6 is 28.6 Å². The number of nitrogens with zero attached hydrogens (tertiary/aromatic N) is 3. The van der Waals surface area contributed by atoms with Crippen molar-refractivity contribution in [1.29, 1.82) is 0 Å². The number of hydrogen-bond acceptors (Lipinski definition) is 9. The highest BCUT2D eigenvalue weighted by molar-refractivity contribution is 9.10. The third kappa shape index (κ3) is 5.19.